The fraction of sp³-hybridized carbons (Fsp3) is 0.667. The molecule has 0 saturated heterocycles. The van der Waals surface area contributed by atoms with Crippen LogP contribution in [0, 0.1) is 0 Å². The fourth-order valence-electron chi connectivity index (χ4n) is 1.46. The summed E-state index contributed by atoms with van der Waals surface area (Å²) in [4.78, 5) is 0. The molecule has 1 aliphatic rings. The van der Waals surface area contributed by atoms with Crippen LogP contribution in [-0.4, -0.2) is 12.7 Å². The Balaban J connectivity index is 0.000000292. The van der Waals surface area contributed by atoms with Gasteiger partial charge in [-0.05, 0) is 32.6 Å². The van der Waals surface area contributed by atoms with Crippen LogP contribution < -0.4 is 0 Å². The zero-order valence-electron chi connectivity index (χ0n) is 9.21. The standard InChI is InChI=1S/C8H14O.C4H8O/c1-2-9-8-6-4-3-5-7-8;1-3-5-4-2/h2,8H,1,3-7H2;3H,1,4H2,2H3. The van der Waals surface area contributed by atoms with E-state index in [9.17, 15) is 0 Å². The molecule has 1 saturated carbocycles. The van der Waals surface area contributed by atoms with Crippen LogP contribution in [0.25, 0.3) is 0 Å². The van der Waals surface area contributed by atoms with E-state index in [1.165, 1.54) is 38.4 Å². The van der Waals surface area contributed by atoms with Crippen molar-refractivity contribution < 1.29 is 9.47 Å². The highest BCUT2D eigenvalue weighted by atomic mass is 16.5. The molecule has 1 aliphatic carbocycles. The second kappa shape index (κ2) is 10.2. The third-order valence-corrected chi connectivity index (χ3v) is 2.13. The van der Waals surface area contributed by atoms with Gasteiger partial charge in [0, 0.05) is 0 Å². The Morgan fingerprint density at radius 2 is 1.79 bits per heavy atom. The Kier molecular flexibility index (Phi) is 9.49. The van der Waals surface area contributed by atoms with Gasteiger partial charge in [0.15, 0.2) is 0 Å². The summed E-state index contributed by atoms with van der Waals surface area (Å²) in [5.74, 6) is 0. The van der Waals surface area contributed by atoms with E-state index in [-0.39, 0.29) is 0 Å². The molecule has 1 rings (SSSR count). The summed E-state index contributed by atoms with van der Waals surface area (Å²) in [6.45, 7) is 9.50. The predicted molar refractivity (Wildman–Crippen MR) is 60.0 cm³/mol. The summed E-state index contributed by atoms with van der Waals surface area (Å²) in [7, 11) is 0. The average Bonchev–Trinajstić information content (AvgIpc) is 2.22. The van der Waals surface area contributed by atoms with Crippen molar-refractivity contribution in [3.05, 3.63) is 25.7 Å². The van der Waals surface area contributed by atoms with E-state index in [2.05, 4.69) is 17.9 Å². The third-order valence-electron chi connectivity index (χ3n) is 2.13. The van der Waals surface area contributed by atoms with Crippen LogP contribution in [0.5, 0.6) is 0 Å². The highest BCUT2D eigenvalue weighted by Gasteiger charge is 2.11. The summed E-state index contributed by atoms with van der Waals surface area (Å²) in [5.41, 5.74) is 0. The Morgan fingerprint density at radius 1 is 1.14 bits per heavy atom. The van der Waals surface area contributed by atoms with Gasteiger partial charge in [-0.25, -0.2) is 0 Å². The second-order valence-corrected chi connectivity index (χ2v) is 3.18. The Hall–Kier alpha value is -0.920. The number of ether oxygens (including phenoxy) is 2. The minimum atomic E-state index is 0.483. The van der Waals surface area contributed by atoms with Crippen molar-refractivity contribution in [2.75, 3.05) is 6.61 Å². The van der Waals surface area contributed by atoms with Crippen molar-refractivity contribution in [1.29, 1.82) is 0 Å². The summed E-state index contributed by atoms with van der Waals surface area (Å²) < 4.78 is 9.84. The quantitative estimate of drug-likeness (QED) is 0.642. The zero-order chi connectivity index (χ0) is 10.6. The van der Waals surface area contributed by atoms with Crippen LogP contribution in [0.4, 0.5) is 0 Å². The highest BCUT2D eigenvalue weighted by molar-refractivity contribution is 4.67. The third kappa shape index (κ3) is 7.71. The maximum atomic E-state index is 5.25. The molecule has 1 fully saturated rings. The van der Waals surface area contributed by atoms with Crippen molar-refractivity contribution in [3.63, 3.8) is 0 Å². The zero-order valence-corrected chi connectivity index (χ0v) is 9.21. The first kappa shape index (κ1) is 13.1. The molecule has 0 atom stereocenters. The monoisotopic (exact) mass is 198 g/mol. The molecule has 0 unspecified atom stereocenters. The molecule has 0 radical (unpaired) electrons. The highest BCUT2D eigenvalue weighted by Crippen LogP contribution is 2.19. The van der Waals surface area contributed by atoms with Gasteiger partial charge in [0.2, 0.25) is 0 Å². The molecule has 0 spiro atoms. The van der Waals surface area contributed by atoms with Crippen LogP contribution in [0.1, 0.15) is 39.0 Å². The van der Waals surface area contributed by atoms with Crippen LogP contribution in [0.3, 0.4) is 0 Å². The van der Waals surface area contributed by atoms with Crippen LogP contribution in [-0.2, 0) is 9.47 Å². The maximum absolute atomic E-state index is 5.25. The number of rotatable bonds is 4. The van der Waals surface area contributed by atoms with Crippen LogP contribution in [0.15, 0.2) is 25.7 Å². The Labute approximate surface area is 87.6 Å². The van der Waals surface area contributed by atoms with Gasteiger partial charge in [0.05, 0.1) is 25.2 Å². The van der Waals surface area contributed by atoms with Gasteiger partial charge in [-0.15, -0.1) is 0 Å². The van der Waals surface area contributed by atoms with Crippen molar-refractivity contribution in [1.82, 2.24) is 0 Å². The van der Waals surface area contributed by atoms with Crippen molar-refractivity contribution in [2.24, 2.45) is 0 Å². The van der Waals surface area contributed by atoms with Crippen LogP contribution in [0.2, 0.25) is 0 Å². The Morgan fingerprint density at radius 3 is 2.14 bits per heavy atom. The normalized spacial score (nSPS) is 16.1. The molecular formula is C12H22O2. The van der Waals surface area contributed by atoms with E-state index in [4.69, 9.17) is 4.74 Å². The minimum absolute atomic E-state index is 0.483. The first-order valence-electron chi connectivity index (χ1n) is 5.34. The molecule has 0 aromatic carbocycles. The van der Waals surface area contributed by atoms with Gasteiger partial charge in [-0.1, -0.05) is 19.6 Å². The minimum Gasteiger partial charge on any atom is -0.502 e. The largest absolute Gasteiger partial charge is 0.502 e. The van der Waals surface area contributed by atoms with E-state index in [1.807, 2.05) is 6.92 Å². The van der Waals surface area contributed by atoms with Gasteiger partial charge < -0.3 is 9.47 Å². The van der Waals surface area contributed by atoms with E-state index in [0.29, 0.717) is 6.10 Å². The van der Waals surface area contributed by atoms with Gasteiger partial charge in [-0.2, -0.15) is 0 Å². The molecule has 0 aromatic heterocycles. The average molecular weight is 198 g/mol. The van der Waals surface area contributed by atoms with Crippen molar-refractivity contribution in [2.45, 2.75) is 45.1 Å². The van der Waals surface area contributed by atoms with E-state index in [0.717, 1.165) is 6.61 Å². The van der Waals surface area contributed by atoms with E-state index < -0.39 is 0 Å². The fourth-order valence-corrected chi connectivity index (χ4v) is 1.46. The summed E-state index contributed by atoms with van der Waals surface area (Å²) in [6, 6.07) is 0. The van der Waals surface area contributed by atoms with Gasteiger partial charge in [0.1, 0.15) is 0 Å². The summed E-state index contributed by atoms with van der Waals surface area (Å²) in [5, 5.41) is 0. The molecule has 2 heteroatoms. The molecule has 14 heavy (non-hydrogen) atoms. The second-order valence-electron chi connectivity index (χ2n) is 3.18. The molecule has 0 bridgehead atoms. The van der Waals surface area contributed by atoms with Gasteiger partial charge in [-0.3, -0.25) is 0 Å². The molecular weight excluding hydrogens is 176 g/mol. The summed E-state index contributed by atoms with van der Waals surface area (Å²) in [6.07, 6.45) is 9.98. The first-order chi connectivity index (χ1) is 6.85. The van der Waals surface area contributed by atoms with Gasteiger partial charge in [0.25, 0.3) is 0 Å². The molecule has 0 heterocycles. The molecule has 0 amide bonds. The van der Waals surface area contributed by atoms with E-state index in [1.54, 1.807) is 6.26 Å². The topological polar surface area (TPSA) is 18.5 Å². The summed E-state index contributed by atoms with van der Waals surface area (Å²) >= 11 is 0. The predicted octanol–water partition coefficient (Wildman–Crippen LogP) is 3.65. The van der Waals surface area contributed by atoms with Crippen LogP contribution >= 0.6 is 0 Å². The lowest BCUT2D eigenvalue weighted by Crippen LogP contribution is -2.13. The van der Waals surface area contributed by atoms with E-state index >= 15 is 0 Å². The lowest BCUT2D eigenvalue weighted by molar-refractivity contribution is 0.107. The molecule has 0 N–H and O–H groups in total. The number of hydrogen-bond donors (Lipinski definition) is 0. The lowest BCUT2D eigenvalue weighted by atomic mass is 9.98. The SMILES string of the molecule is C=COC1CCCCC1.C=COCC. The lowest BCUT2D eigenvalue weighted by Gasteiger charge is -2.20. The molecule has 82 valence electrons. The molecule has 0 aliphatic heterocycles. The number of hydrogen-bond acceptors (Lipinski definition) is 2. The first-order valence-corrected chi connectivity index (χ1v) is 5.34. The molecule has 2 nitrogen and oxygen atoms in total. The maximum Gasteiger partial charge on any atom is 0.0978 e. The van der Waals surface area contributed by atoms with Crippen molar-refractivity contribution >= 4 is 0 Å². The molecule has 0 aromatic rings. The van der Waals surface area contributed by atoms with Crippen molar-refractivity contribution in [3.8, 4) is 0 Å². The van der Waals surface area contributed by atoms with Gasteiger partial charge >= 0.3 is 0 Å². The smallest absolute Gasteiger partial charge is 0.0978 e. The Bertz CT molecular complexity index is 137.